The Labute approximate surface area is 83.0 Å². The number of amides is 2. The van der Waals surface area contributed by atoms with Crippen LogP contribution in [0.4, 0.5) is 4.79 Å². The van der Waals surface area contributed by atoms with Crippen molar-refractivity contribution >= 4 is 18.0 Å². The van der Waals surface area contributed by atoms with Crippen LogP contribution < -0.4 is 0 Å². The standard InChI is InChI=1S/C8H15N3OS/c1-9-5-7-6-10(13-2)3-4-11(7)8(9)12/h7H,3-6H2,1-2H3. The molecule has 2 saturated heterocycles. The molecule has 0 aromatic heterocycles. The lowest BCUT2D eigenvalue weighted by molar-refractivity contribution is 0.165. The number of fused-ring (bicyclic) bond motifs is 1. The molecular formula is C8H15N3OS. The summed E-state index contributed by atoms with van der Waals surface area (Å²) in [5.41, 5.74) is 0. The second-order valence-corrected chi connectivity index (χ2v) is 4.46. The summed E-state index contributed by atoms with van der Waals surface area (Å²) in [6, 6.07) is 0.615. The van der Waals surface area contributed by atoms with Gasteiger partial charge in [0.15, 0.2) is 0 Å². The lowest BCUT2D eigenvalue weighted by atomic mass is 10.2. The highest BCUT2D eigenvalue weighted by molar-refractivity contribution is 7.96. The van der Waals surface area contributed by atoms with E-state index in [9.17, 15) is 4.79 Å². The molecule has 0 N–H and O–H groups in total. The quantitative estimate of drug-likeness (QED) is 0.572. The molecule has 2 amide bonds. The fraction of sp³-hybridized carbons (Fsp3) is 0.875. The Bertz CT molecular complexity index is 223. The fourth-order valence-corrected chi connectivity index (χ4v) is 2.60. The summed E-state index contributed by atoms with van der Waals surface area (Å²) in [5, 5.41) is 0. The number of hydrogen-bond donors (Lipinski definition) is 0. The Balaban J connectivity index is 2.03. The van der Waals surface area contributed by atoms with E-state index in [1.54, 1.807) is 11.9 Å². The number of likely N-dealkylation sites (N-methyl/N-ethyl adjacent to an activating group) is 1. The second-order valence-electron chi connectivity index (χ2n) is 3.58. The number of urea groups is 1. The SMILES string of the molecule is CSN1CCN2C(=O)N(C)CC2C1. The van der Waals surface area contributed by atoms with E-state index >= 15 is 0 Å². The van der Waals surface area contributed by atoms with Crippen LogP contribution in [0.2, 0.25) is 0 Å². The van der Waals surface area contributed by atoms with Gasteiger partial charge in [-0.2, -0.15) is 0 Å². The van der Waals surface area contributed by atoms with E-state index < -0.39 is 0 Å². The zero-order valence-electron chi connectivity index (χ0n) is 8.06. The van der Waals surface area contributed by atoms with Gasteiger partial charge >= 0.3 is 6.03 Å². The fourth-order valence-electron chi connectivity index (χ4n) is 2.01. The van der Waals surface area contributed by atoms with Crippen molar-refractivity contribution in [3.63, 3.8) is 0 Å². The Kier molecular flexibility index (Phi) is 2.38. The van der Waals surface area contributed by atoms with Crippen LogP contribution in [0.25, 0.3) is 0 Å². The van der Waals surface area contributed by atoms with Gasteiger partial charge in [-0.1, -0.05) is 11.9 Å². The average molecular weight is 201 g/mol. The van der Waals surface area contributed by atoms with Gasteiger partial charge in [-0.15, -0.1) is 0 Å². The van der Waals surface area contributed by atoms with Gasteiger partial charge in [0, 0.05) is 33.2 Å². The first-order chi connectivity index (χ1) is 6.22. The van der Waals surface area contributed by atoms with Gasteiger partial charge in [0.1, 0.15) is 0 Å². The highest BCUT2D eigenvalue weighted by Gasteiger charge is 2.38. The normalized spacial score (nSPS) is 29.7. The topological polar surface area (TPSA) is 26.8 Å². The molecule has 4 nitrogen and oxygen atoms in total. The van der Waals surface area contributed by atoms with Crippen LogP contribution in [-0.2, 0) is 0 Å². The van der Waals surface area contributed by atoms with Crippen molar-refractivity contribution in [2.45, 2.75) is 6.04 Å². The van der Waals surface area contributed by atoms with Gasteiger partial charge in [-0.3, -0.25) is 0 Å². The van der Waals surface area contributed by atoms with Crippen molar-refractivity contribution < 1.29 is 4.79 Å². The van der Waals surface area contributed by atoms with Crippen LogP contribution in [0.1, 0.15) is 0 Å². The van der Waals surface area contributed by atoms with E-state index in [0.717, 1.165) is 26.2 Å². The monoisotopic (exact) mass is 201 g/mol. The van der Waals surface area contributed by atoms with Crippen molar-refractivity contribution in [2.75, 3.05) is 39.5 Å². The first kappa shape index (κ1) is 9.15. The maximum absolute atomic E-state index is 11.6. The van der Waals surface area contributed by atoms with E-state index in [1.807, 2.05) is 16.8 Å². The summed E-state index contributed by atoms with van der Waals surface area (Å²) in [4.78, 5) is 15.4. The molecule has 1 atom stereocenters. The maximum atomic E-state index is 11.6. The second kappa shape index (κ2) is 3.38. The Morgan fingerprint density at radius 3 is 2.85 bits per heavy atom. The molecule has 0 aromatic carbocycles. The predicted octanol–water partition coefficient (Wildman–Crippen LogP) is 0.316. The van der Waals surface area contributed by atoms with Gasteiger partial charge in [0.2, 0.25) is 0 Å². The zero-order valence-corrected chi connectivity index (χ0v) is 8.88. The molecular weight excluding hydrogens is 186 g/mol. The highest BCUT2D eigenvalue weighted by Crippen LogP contribution is 2.21. The summed E-state index contributed by atoms with van der Waals surface area (Å²) >= 11 is 1.77. The molecule has 0 aromatic rings. The van der Waals surface area contributed by atoms with E-state index in [4.69, 9.17) is 0 Å². The van der Waals surface area contributed by atoms with Crippen LogP contribution in [0.5, 0.6) is 0 Å². The summed E-state index contributed by atoms with van der Waals surface area (Å²) in [5.74, 6) is 0. The molecule has 1 unspecified atom stereocenters. The van der Waals surface area contributed by atoms with Crippen molar-refractivity contribution in [1.29, 1.82) is 0 Å². The number of nitrogens with zero attached hydrogens (tertiary/aromatic N) is 3. The third-order valence-corrected chi connectivity index (χ3v) is 3.61. The van der Waals surface area contributed by atoms with Gasteiger partial charge in [0.05, 0.1) is 6.04 Å². The van der Waals surface area contributed by atoms with Gasteiger partial charge in [0.25, 0.3) is 0 Å². The Morgan fingerprint density at radius 2 is 2.15 bits per heavy atom. The number of carbonyl (C=O) groups is 1. The largest absolute Gasteiger partial charge is 0.326 e. The van der Waals surface area contributed by atoms with E-state index in [0.29, 0.717) is 6.04 Å². The van der Waals surface area contributed by atoms with Gasteiger partial charge < -0.3 is 9.80 Å². The van der Waals surface area contributed by atoms with Crippen LogP contribution in [-0.4, -0.2) is 65.7 Å². The lowest BCUT2D eigenvalue weighted by Gasteiger charge is -2.34. The maximum Gasteiger partial charge on any atom is 0.320 e. The lowest BCUT2D eigenvalue weighted by Crippen LogP contribution is -2.49. The number of piperazine rings is 1. The first-order valence-corrected chi connectivity index (χ1v) is 5.71. The molecule has 0 aliphatic carbocycles. The van der Waals surface area contributed by atoms with Crippen molar-refractivity contribution in [3.05, 3.63) is 0 Å². The minimum atomic E-state index is 0.200. The van der Waals surface area contributed by atoms with Crippen LogP contribution in [0, 0.1) is 0 Å². The van der Waals surface area contributed by atoms with Crippen LogP contribution in [0.3, 0.4) is 0 Å². The summed E-state index contributed by atoms with van der Waals surface area (Å²) < 4.78 is 2.33. The molecule has 2 aliphatic rings. The van der Waals surface area contributed by atoms with Crippen LogP contribution >= 0.6 is 11.9 Å². The molecule has 5 heteroatoms. The molecule has 2 heterocycles. The number of carbonyl (C=O) groups excluding carboxylic acids is 1. The average Bonchev–Trinajstić information content (AvgIpc) is 2.42. The molecule has 0 saturated carbocycles. The van der Waals surface area contributed by atoms with Crippen molar-refractivity contribution in [3.8, 4) is 0 Å². The third-order valence-electron chi connectivity index (χ3n) is 2.76. The minimum Gasteiger partial charge on any atom is -0.326 e. The minimum absolute atomic E-state index is 0.200. The van der Waals surface area contributed by atoms with E-state index in [1.165, 1.54) is 0 Å². The third kappa shape index (κ3) is 1.50. The Morgan fingerprint density at radius 1 is 1.38 bits per heavy atom. The zero-order chi connectivity index (χ0) is 9.42. The van der Waals surface area contributed by atoms with Crippen molar-refractivity contribution in [1.82, 2.24) is 14.1 Å². The molecule has 2 aliphatic heterocycles. The molecule has 13 heavy (non-hydrogen) atoms. The van der Waals surface area contributed by atoms with Crippen molar-refractivity contribution in [2.24, 2.45) is 0 Å². The molecule has 2 rings (SSSR count). The van der Waals surface area contributed by atoms with E-state index in [-0.39, 0.29) is 6.03 Å². The molecule has 0 bridgehead atoms. The molecule has 0 radical (unpaired) electrons. The summed E-state index contributed by atoms with van der Waals surface area (Å²) in [7, 11) is 1.88. The number of rotatable bonds is 1. The van der Waals surface area contributed by atoms with Gasteiger partial charge in [-0.05, 0) is 6.26 Å². The van der Waals surface area contributed by atoms with Gasteiger partial charge in [-0.25, -0.2) is 9.10 Å². The first-order valence-electron chi connectivity index (χ1n) is 4.53. The molecule has 2 fully saturated rings. The molecule has 0 spiro atoms. The smallest absolute Gasteiger partial charge is 0.320 e. The Hall–Kier alpha value is -0.420. The predicted molar refractivity (Wildman–Crippen MR) is 53.6 cm³/mol. The summed E-state index contributed by atoms with van der Waals surface area (Å²) in [6.07, 6.45) is 2.09. The molecule has 74 valence electrons. The highest BCUT2D eigenvalue weighted by atomic mass is 32.2. The van der Waals surface area contributed by atoms with E-state index in [2.05, 4.69) is 10.6 Å². The summed E-state index contributed by atoms with van der Waals surface area (Å²) in [6.45, 7) is 3.78. The number of hydrogen-bond acceptors (Lipinski definition) is 3. The van der Waals surface area contributed by atoms with Crippen LogP contribution in [0.15, 0.2) is 0 Å².